The first-order valence-electron chi connectivity index (χ1n) is 15.3. The minimum absolute atomic E-state index is 0.00422. The van der Waals surface area contributed by atoms with Crippen molar-refractivity contribution >= 4 is 55.1 Å². The summed E-state index contributed by atoms with van der Waals surface area (Å²) in [6, 6.07) is 29.2. The lowest BCUT2D eigenvalue weighted by Gasteiger charge is -2.34. The summed E-state index contributed by atoms with van der Waals surface area (Å²) in [6.07, 6.45) is 4.15. The van der Waals surface area contributed by atoms with Gasteiger partial charge >= 0.3 is 0 Å². The zero-order chi connectivity index (χ0) is 32.7. The van der Waals surface area contributed by atoms with Crippen LogP contribution < -0.4 is 9.62 Å². The van der Waals surface area contributed by atoms with Crippen molar-refractivity contribution < 1.29 is 18.0 Å². The number of hydrogen-bond acceptors (Lipinski definition) is 4. The van der Waals surface area contributed by atoms with Crippen LogP contribution in [0.3, 0.4) is 0 Å². The van der Waals surface area contributed by atoms with Gasteiger partial charge in [-0.3, -0.25) is 13.9 Å². The quantitative estimate of drug-likeness (QED) is 0.166. The van der Waals surface area contributed by atoms with Gasteiger partial charge in [-0.1, -0.05) is 95.0 Å². The molecule has 0 heterocycles. The maximum atomic E-state index is 14.6. The van der Waals surface area contributed by atoms with E-state index in [2.05, 4.69) is 21.2 Å². The van der Waals surface area contributed by atoms with Crippen LogP contribution in [-0.2, 0) is 32.6 Å². The molecule has 0 unspecified atom stereocenters. The van der Waals surface area contributed by atoms with Crippen molar-refractivity contribution in [2.24, 2.45) is 0 Å². The van der Waals surface area contributed by atoms with Gasteiger partial charge in [-0.25, -0.2) is 8.42 Å². The standard InChI is InChI=1S/C36H37BrClN3O4S/c1-26-9-7-16-32(21-26)41(46(44,45)33-19-17-30(38)18-20-33)25-35(42)40(24-28-12-8-13-29(37)22-28)34(23-27-10-3-2-4-11-27)36(43)39-31-14-5-6-15-31/h2-4,7-13,16-22,31,34H,5-6,14-15,23-25H2,1H3,(H,39,43)/t34-/m1/s1. The molecule has 1 saturated carbocycles. The second kappa shape index (κ2) is 15.3. The van der Waals surface area contributed by atoms with Crippen LogP contribution >= 0.6 is 27.5 Å². The van der Waals surface area contributed by atoms with Gasteiger partial charge in [-0.15, -0.1) is 0 Å². The van der Waals surface area contributed by atoms with E-state index in [-0.39, 0.29) is 29.8 Å². The fourth-order valence-electron chi connectivity index (χ4n) is 5.80. The van der Waals surface area contributed by atoms with Gasteiger partial charge in [0.05, 0.1) is 10.6 Å². The average Bonchev–Trinajstić information content (AvgIpc) is 3.55. The topological polar surface area (TPSA) is 86.8 Å². The minimum atomic E-state index is -4.20. The first kappa shape index (κ1) is 33.7. The summed E-state index contributed by atoms with van der Waals surface area (Å²) in [4.78, 5) is 30.2. The third-order valence-electron chi connectivity index (χ3n) is 8.18. The molecule has 0 aliphatic heterocycles. The Morgan fingerprint density at radius 1 is 0.891 bits per heavy atom. The third-order valence-corrected chi connectivity index (χ3v) is 10.7. The number of carbonyl (C=O) groups excluding carboxylic acids is 2. The third kappa shape index (κ3) is 8.57. The Labute approximate surface area is 284 Å². The van der Waals surface area contributed by atoms with Crippen molar-refractivity contribution in [3.8, 4) is 0 Å². The number of sulfonamides is 1. The fraction of sp³-hybridized carbons (Fsp3) is 0.278. The normalized spacial score (nSPS) is 14.1. The van der Waals surface area contributed by atoms with E-state index >= 15 is 0 Å². The highest BCUT2D eigenvalue weighted by atomic mass is 79.9. The number of halogens is 2. The molecule has 4 aromatic rings. The number of hydrogen-bond donors (Lipinski definition) is 1. The molecule has 0 aromatic heterocycles. The molecule has 46 heavy (non-hydrogen) atoms. The maximum Gasteiger partial charge on any atom is 0.264 e. The van der Waals surface area contributed by atoms with Gasteiger partial charge in [0.1, 0.15) is 12.6 Å². The summed E-state index contributed by atoms with van der Waals surface area (Å²) in [7, 11) is -4.20. The summed E-state index contributed by atoms with van der Waals surface area (Å²) in [5.41, 5.74) is 2.88. The Morgan fingerprint density at radius 2 is 1.57 bits per heavy atom. The Bertz CT molecular complexity index is 1760. The van der Waals surface area contributed by atoms with E-state index in [0.29, 0.717) is 10.7 Å². The minimum Gasteiger partial charge on any atom is -0.352 e. The van der Waals surface area contributed by atoms with Crippen LogP contribution in [-0.4, -0.2) is 43.8 Å². The van der Waals surface area contributed by atoms with Crippen molar-refractivity contribution in [1.82, 2.24) is 10.2 Å². The Balaban J connectivity index is 1.57. The molecule has 1 aliphatic rings. The summed E-state index contributed by atoms with van der Waals surface area (Å²) in [5.74, 6) is -0.747. The van der Waals surface area contributed by atoms with Gasteiger partial charge in [-0.05, 0) is 85.0 Å². The zero-order valence-corrected chi connectivity index (χ0v) is 28.8. The Kier molecular flexibility index (Phi) is 11.2. The fourth-order valence-corrected chi connectivity index (χ4v) is 7.78. The van der Waals surface area contributed by atoms with E-state index in [9.17, 15) is 18.0 Å². The van der Waals surface area contributed by atoms with E-state index in [4.69, 9.17) is 11.6 Å². The van der Waals surface area contributed by atoms with Crippen molar-refractivity contribution in [2.75, 3.05) is 10.8 Å². The van der Waals surface area contributed by atoms with Crippen molar-refractivity contribution in [2.45, 2.75) is 62.6 Å². The monoisotopic (exact) mass is 721 g/mol. The summed E-state index contributed by atoms with van der Waals surface area (Å²) in [6.45, 7) is 1.46. The van der Waals surface area contributed by atoms with Gasteiger partial charge in [0, 0.05) is 28.5 Å². The highest BCUT2D eigenvalue weighted by Gasteiger charge is 2.35. The van der Waals surface area contributed by atoms with E-state index in [1.54, 1.807) is 18.2 Å². The molecule has 1 fully saturated rings. The molecule has 10 heteroatoms. The average molecular weight is 723 g/mol. The molecule has 240 valence electrons. The lowest BCUT2D eigenvalue weighted by atomic mass is 10.0. The Morgan fingerprint density at radius 3 is 2.24 bits per heavy atom. The predicted molar refractivity (Wildman–Crippen MR) is 186 cm³/mol. The summed E-state index contributed by atoms with van der Waals surface area (Å²) in [5, 5.41) is 3.60. The number of anilines is 1. The zero-order valence-electron chi connectivity index (χ0n) is 25.6. The van der Waals surface area contributed by atoms with Crippen molar-refractivity contribution in [1.29, 1.82) is 0 Å². The number of aryl methyl sites for hydroxylation is 1. The first-order chi connectivity index (χ1) is 22.1. The summed E-state index contributed by atoms with van der Waals surface area (Å²) >= 11 is 9.60. The van der Waals surface area contributed by atoms with Crippen LogP contribution in [0.15, 0.2) is 112 Å². The predicted octanol–water partition coefficient (Wildman–Crippen LogP) is 7.31. The van der Waals surface area contributed by atoms with Crippen LogP contribution in [0.4, 0.5) is 5.69 Å². The molecule has 4 aromatic carbocycles. The molecule has 7 nitrogen and oxygen atoms in total. The molecular formula is C36H37BrClN3O4S. The molecule has 0 saturated heterocycles. The number of benzene rings is 4. The second-order valence-corrected chi connectivity index (χ2v) is 14.9. The van der Waals surface area contributed by atoms with Gasteiger partial charge in [0.25, 0.3) is 10.0 Å². The highest BCUT2D eigenvalue weighted by Crippen LogP contribution is 2.27. The lowest BCUT2D eigenvalue weighted by Crippen LogP contribution is -2.54. The van der Waals surface area contributed by atoms with E-state index < -0.39 is 28.5 Å². The molecule has 1 N–H and O–H groups in total. The smallest absolute Gasteiger partial charge is 0.264 e. The molecule has 0 radical (unpaired) electrons. The van der Waals surface area contributed by atoms with E-state index in [0.717, 1.165) is 51.2 Å². The summed E-state index contributed by atoms with van der Waals surface area (Å²) < 4.78 is 30.3. The molecule has 2 amide bonds. The van der Waals surface area contributed by atoms with Gasteiger partial charge in [-0.2, -0.15) is 0 Å². The number of rotatable bonds is 12. The molecule has 0 bridgehead atoms. The number of nitrogens with one attached hydrogen (secondary N) is 1. The van der Waals surface area contributed by atoms with Crippen LogP contribution in [0.25, 0.3) is 0 Å². The Hall–Kier alpha value is -3.66. The molecule has 1 atom stereocenters. The first-order valence-corrected chi connectivity index (χ1v) is 17.9. The van der Waals surface area contributed by atoms with E-state index in [1.807, 2.05) is 67.6 Å². The SMILES string of the molecule is Cc1cccc(N(CC(=O)N(Cc2cccc(Br)c2)[C@H](Cc2ccccc2)C(=O)NC2CCCC2)S(=O)(=O)c2ccc(Cl)cc2)c1. The second-order valence-electron chi connectivity index (χ2n) is 11.7. The van der Waals surface area contributed by atoms with Crippen LogP contribution in [0.2, 0.25) is 5.02 Å². The lowest BCUT2D eigenvalue weighted by molar-refractivity contribution is -0.140. The molecule has 5 rings (SSSR count). The van der Waals surface area contributed by atoms with Crippen LogP contribution in [0, 0.1) is 6.92 Å². The molecule has 1 aliphatic carbocycles. The van der Waals surface area contributed by atoms with Gasteiger partial charge in [0.2, 0.25) is 11.8 Å². The number of amides is 2. The van der Waals surface area contributed by atoms with Gasteiger partial charge < -0.3 is 10.2 Å². The van der Waals surface area contributed by atoms with Crippen molar-refractivity contribution in [3.05, 3.63) is 129 Å². The van der Waals surface area contributed by atoms with E-state index in [1.165, 1.54) is 29.2 Å². The van der Waals surface area contributed by atoms with Crippen LogP contribution in [0.5, 0.6) is 0 Å². The number of nitrogens with zero attached hydrogens (tertiary/aromatic N) is 2. The van der Waals surface area contributed by atoms with Crippen LogP contribution in [0.1, 0.15) is 42.4 Å². The highest BCUT2D eigenvalue weighted by molar-refractivity contribution is 9.10. The number of carbonyl (C=O) groups is 2. The van der Waals surface area contributed by atoms with Gasteiger partial charge in [0.15, 0.2) is 0 Å². The molecule has 0 spiro atoms. The van der Waals surface area contributed by atoms with Crippen molar-refractivity contribution in [3.63, 3.8) is 0 Å². The largest absolute Gasteiger partial charge is 0.352 e. The maximum absolute atomic E-state index is 14.6. The molecular weight excluding hydrogens is 686 g/mol.